The van der Waals surface area contributed by atoms with Gasteiger partial charge in [-0.05, 0) is 18.4 Å². The molecule has 3 rings (SSSR count). The van der Waals surface area contributed by atoms with Crippen molar-refractivity contribution in [2.45, 2.75) is 50.7 Å². The third-order valence-electron chi connectivity index (χ3n) is 5.98. The van der Waals surface area contributed by atoms with E-state index in [0.29, 0.717) is 23.1 Å². The minimum absolute atomic E-state index is 0.100. The molecular weight excluding hydrogens is 330 g/mol. The van der Waals surface area contributed by atoms with Crippen LogP contribution in [0.5, 0.6) is 0 Å². The molecule has 1 aliphatic heterocycles. The molecule has 0 aromatic heterocycles. The van der Waals surface area contributed by atoms with Crippen molar-refractivity contribution in [3.05, 3.63) is 35.9 Å². The third kappa shape index (κ3) is 3.84. The number of benzene rings is 1. The predicted octanol–water partition coefficient (Wildman–Crippen LogP) is 2.42. The highest BCUT2D eigenvalue weighted by Gasteiger charge is 2.49. The van der Waals surface area contributed by atoms with Crippen LogP contribution in [0.2, 0.25) is 0 Å². The number of nitrogens with zero attached hydrogens (tertiary/aromatic N) is 1. The number of quaternary nitrogens is 1. The summed E-state index contributed by atoms with van der Waals surface area (Å²) < 4.78 is 6.40. The Hall–Kier alpha value is -1.72. The molecule has 142 valence electrons. The number of likely N-dealkylation sites (N-methyl/N-ethyl adjacent to an activating group) is 1. The molecule has 1 saturated carbocycles. The van der Waals surface area contributed by atoms with Crippen molar-refractivity contribution in [1.29, 1.82) is 0 Å². The van der Waals surface area contributed by atoms with E-state index in [1.165, 1.54) is 0 Å². The molecule has 5 nitrogen and oxygen atoms in total. The number of ketones is 1. The van der Waals surface area contributed by atoms with E-state index >= 15 is 0 Å². The van der Waals surface area contributed by atoms with Crippen LogP contribution in [-0.4, -0.2) is 54.1 Å². The van der Waals surface area contributed by atoms with Crippen molar-refractivity contribution >= 4 is 11.8 Å². The zero-order valence-electron chi connectivity index (χ0n) is 15.8. The summed E-state index contributed by atoms with van der Waals surface area (Å²) in [7, 11) is 2.02. The molecule has 1 saturated heterocycles. The van der Waals surface area contributed by atoms with Crippen molar-refractivity contribution in [3.8, 4) is 0 Å². The van der Waals surface area contributed by atoms with E-state index in [4.69, 9.17) is 4.74 Å². The van der Waals surface area contributed by atoms with Crippen molar-refractivity contribution in [2.75, 3.05) is 26.7 Å². The fraction of sp³-hybridized carbons (Fsp3) is 0.619. The second-order valence-corrected chi connectivity index (χ2v) is 8.32. The van der Waals surface area contributed by atoms with Gasteiger partial charge in [-0.15, -0.1) is 0 Å². The first-order valence-corrected chi connectivity index (χ1v) is 9.65. The lowest BCUT2D eigenvalue weighted by Crippen LogP contribution is -2.48. The van der Waals surface area contributed by atoms with E-state index in [1.807, 2.05) is 37.4 Å². The number of Topliss-reactive ketones (excluding diaryl/α,β-unsaturated/α-hetero) is 1. The maximum Gasteiger partial charge on any atom is 0.343 e. The highest BCUT2D eigenvalue weighted by Crippen LogP contribution is 2.42. The number of carbonyl (C=O) groups is 2. The van der Waals surface area contributed by atoms with Gasteiger partial charge in [0.2, 0.25) is 0 Å². The van der Waals surface area contributed by atoms with Gasteiger partial charge >= 0.3 is 5.97 Å². The van der Waals surface area contributed by atoms with E-state index in [-0.39, 0.29) is 17.8 Å². The monoisotopic (exact) mass is 360 g/mol. The summed E-state index contributed by atoms with van der Waals surface area (Å²) in [4.78, 5) is 24.6. The summed E-state index contributed by atoms with van der Waals surface area (Å²) in [6, 6.07) is 9.19. The summed E-state index contributed by atoms with van der Waals surface area (Å²) in [5, 5.41) is 11.5. The molecule has 1 aromatic carbocycles. The fourth-order valence-corrected chi connectivity index (χ4v) is 4.70. The lowest BCUT2D eigenvalue weighted by Gasteiger charge is -2.33. The molecule has 0 radical (unpaired) electrons. The fourth-order valence-electron chi connectivity index (χ4n) is 4.70. The van der Waals surface area contributed by atoms with Gasteiger partial charge in [-0.3, -0.25) is 4.79 Å². The first kappa shape index (κ1) is 19.1. The summed E-state index contributed by atoms with van der Waals surface area (Å²) in [6.45, 7) is 3.49. The molecule has 0 amide bonds. The van der Waals surface area contributed by atoms with E-state index in [2.05, 4.69) is 0 Å². The number of rotatable bonds is 6. The molecule has 1 heterocycles. The molecule has 2 aliphatic rings. The Morgan fingerprint density at radius 3 is 2.46 bits per heavy atom. The van der Waals surface area contributed by atoms with Gasteiger partial charge < -0.3 is 14.3 Å². The molecular formula is C21H30NO4+. The molecule has 5 heteroatoms. The third-order valence-corrected chi connectivity index (χ3v) is 5.98. The van der Waals surface area contributed by atoms with Gasteiger partial charge in [0, 0.05) is 19.3 Å². The molecule has 2 fully saturated rings. The summed E-state index contributed by atoms with van der Waals surface area (Å²) >= 11 is 0. The summed E-state index contributed by atoms with van der Waals surface area (Å²) in [6.07, 6.45) is 4.22. The Kier molecular flexibility index (Phi) is 5.49. The van der Waals surface area contributed by atoms with E-state index in [0.717, 1.165) is 38.6 Å². The van der Waals surface area contributed by atoms with Crippen molar-refractivity contribution in [3.63, 3.8) is 0 Å². The largest absolute Gasteiger partial charge is 0.454 e. The van der Waals surface area contributed by atoms with Gasteiger partial charge in [0.25, 0.3) is 0 Å². The number of hydrogen-bond donors (Lipinski definition) is 1. The van der Waals surface area contributed by atoms with Gasteiger partial charge in [-0.2, -0.15) is 0 Å². The predicted molar refractivity (Wildman–Crippen MR) is 98.3 cm³/mol. The second-order valence-electron chi connectivity index (χ2n) is 8.32. The topological polar surface area (TPSA) is 63.6 Å². The van der Waals surface area contributed by atoms with Crippen LogP contribution in [0.15, 0.2) is 30.3 Å². The first-order chi connectivity index (χ1) is 12.3. The summed E-state index contributed by atoms with van der Waals surface area (Å²) in [5.74, 6) is -0.486. The SMILES string of the molecule is CC(=O)C[N+]1(C)CC[C@@H](OC(=O)[C@](O)(c2ccccc2)C2CCCC2)C1. The Bertz CT molecular complexity index is 655. The van der Waals surface area contributed by atoms with Crippen LogP contribution in [0.1, 0.15) is 44.6 Å². The number of hydrogen-bond acceptors (Lipinski definition) is 4. The lowest BCUT2D eigenvalue weighted by atomic mass is 9.80. The van der Waals surface area contributed by atoms with Crippen LogP contribution >= 0.6 is 0 Å². The Labute approximate surface area is 155 Å². The molecule has 26 heavy (non-hydrogen) atoms. The van der Waals surface area contributed by atoms with Gasteiger partial charge in [0.1, 0.15) is 13.1 Å². The van der Waals surface area contributed by atoms with E-state index in [1.54, 1.807) is 6.92 Å². The van der Waals surface area contributed by atoms with Crippen LogP contribution < -0.4 is 0 Å². The van der Waals surface area contributed by atoms with Crippen molar-refractivity contribution in [1.82, 2.24) is 0 Å². The molecule has 1 N–H and O–H groups in total. The minimum Gasteiger partial charge on any atom is -0.454 e. The quantitative estimate of drug-likeness (QED) is 0.625. The first-order valence-electron chi connectivity index (χ1n) is 9.65. The number of carbonyl (C=O) groups excluding carboxylic acids is 2. The van der Waals surface area contributed by atoms with E-state index < -0.39 is 11.6 Å². The Balaban J connectivity index is 1.76. The van der Waals surface area contributed by atoms with Crippen LogP contribution in [0.4, 0.5) is 0 Å². The zero-order valence-corrected chi connectivity index (χ0v) is 15.8. The van der Waals surface area contributed by atoms with Gasteiger partial charge in [-0.25, -0.2) is 4.79 Å². The molecule has 1 aliphatic carbocycles. The molecule has 1 unspecified atom stereocenters. The zero-order chi connectivity index (χ0) is 18.8. The normalized spacial score (nSPS) is 28.7. The van der Waals surface area contributed by atoms with Gasteiger partial charge in [0.05, 0.1) is 13.6 Å². The number of aliphatic hydroxyl groups is 1. The molecule has 1 aromatic rings. The van der Waals surface area contributed by atoms with E-state index in [9.17, 15) is 14.7 Å². The van der Waals surface area contributed by atoms with Gasteiger partial charge in [-0.1, -0.05) is 43.2 Å². The smallest absolute Gasteiger partial charge is 0.343 e. The summed E-state index contributed by atoms with van der Waals surface area (Å²) in [5.41, 5.74) is -0.958. The Morgan fingerprint density at radius 2 is 1.85 bits per heavy atom. The number of likely N-dealkylation sites (tertiary alicyclic amines) is 1. The van der Waals surface area contributed by atoms with Crippen LogP contribution in [-0.2, 0) is 19.9 Å². The minimum atomic E-state index is -1.58. The van der Waals surface area contributed by atoms with Crippen LogP contribution in [0.25, 0.3) is 0 Å². The standard InChI is InChI=1S/C21H30NO4/c1-16(23)14-22(2)13-12-19(15-22)26-20(24)21(25,18-10-6-7-11-18)17-8-4-3-5-9-17/h3-5,8-9,18-19,25H,6-7,10-15H2,1-2H3/q+1/t19-,21+,22?/m1/s1. The molecule has 3 atom stereocenters. The van der Waals surface area contributed by atoms with Crippen LogP contribution in [0.3, 0.4) is 0 Å². The average Bonchev–Trinajstić information content (AvgIpc) is 3.25. The maximum absolute atomic E-state index is 13.1. The highest BCUT2D eigenvalue weighted by molar-refractivity contribution is 5.82. The lowest BCUT2D eigenvalue weighted by molar-refractivity contribution is -0.890. The van der Waals surface area contributed by atoms with Gasteiger partial charge in [0.15, 0.2) is 17.5 Å². The van der Waals surface area contributed by atoms with Crippen molar-refractivity contribution in [2.24, 2.45) is 5.92 Å². The second kappa shape index (κ2) is 7.49. The highest BCUT2D eigenvalue weighted by atomic mass is 16.6. The van der Waals surface area contributed by atoms with Crippen molar-refractivity contribution < 1.29 is 23.9 Å². The maximum atomic E-state index is 13.1. The number of ether oxygens (including phenoxy) is 1. The average molecular weight is 360 g/mol. The van der Waals surface area contributed by atoms with Crippen LogP contribution in [0, 0.1) is 5.92 Å². The molecule has 0 bridgehead atoms. The molecule has 0 spiro atoms. The Morgan fingerprint density at radius 1 is 1.19 bits per heavy atom. The number of esters is 1.